The fourth-order valence-corrected chi connectivity index (χ4v) is 6.57. The molecule has 1 aliphatic heterocycles. The van der Waals surface area contributed by atoms with E-state index in [1.54, 1.807) is 29.4 Å². The molecule has 0 bridgehead atoms. The topological polar surface area (TPSA) is 119 Å². The van der Waals surface area contributed by atoms with Gasteiger partial charge in [0.05, 0.1) is 10.9 Å². The third-order valence-electron chi connectivity index (χ3n) is 6.73. The van der Waals surface area contributed by atoms with Crippen molar-refractivity contribution in [1.82, 2.24) is 23.9 Å². The smallest absolute Gasteiger partial charge is 0.261 e. The van der Waals surface area contributed by atoms with Crippen LogP contribution in [0.25, 0.3) is 10.9 Å². The third kappa shape index (κ3) is 4.50. The van der Waals surface area contributed by atoms with Crippen molar-refractivity contribution in [3.8, 4) is 0 Å². The Balaban J connectivity index is 1.28. The first-order chi connectivity index (χ1) is 16.8. The second-order valence-corrected chi connectivity index (χ2v) is 11.1. The fourth-order valence-electron chi connectivity index (χ4n) is 4.81. The summed E-state index contributed by atoms with van der Waals surface area (Å²) in [5.74, 6) is 0.845. The highest BCUT2D eigenvalue weighted by Crippen LogP contribution is 2.35. The van der Waals surface area contributed by atoms with Crippen molar-refractivity contribution < 1.29 is 17.7 Å². The molecule has 1 saturated carbocycles. The molecule has 11 heteroatoms. The number of fused-ring (bicyclic) bond motifs is 1. The monoisotopic (exact) mass is 499 g/mol. The summed E-state index contributed by atoms with van der Waals surface area (Å²) < 4.78 is 34.5. The SMILES string of the molecule is Cc1noc(C)c1S(=O)(=O)N1CCCN(C(=O)CCc2nc3ccccc3c(=O)n2C2CC2)CC1. The molecule has 1 amide bonds. The number of hydrogen-bond acceptors (Lipinski definition) is 7. The van der Waals surface area contributed by atoms with Gasteiger partial charge in [-0.25, -0.2) is 13.4 Å². The van der Waals surface area contributed by atoms with Crippen LogP contribution in [0.1, 0.15) is 49.0 Å². The van der Waals surface area contributed by atoms with Gasteiger partial charge in [-0.15, -0.1) is 0 Å². The minimum absolute atomic E-state index is 0.0458. The molecule has 186 valence electrons. The zero-order valence-electron chi connectivity index (χ0n) is 19.9. The Morgan fingerprint density at radius 2 is 1.89 bits per heavy atom. The van der Waals surface area contributed by atoms with Crippen molar-refractivity contribution in [2.45, 2.75) is 56.9 Å². The highest BCUT2D eigenvalue weighted by molar-refractivity contribution is 7.89. The predicted molar refractivity (Wildman–Crippen MR) is 129 cm³/mol. The summed E-state index contributed by atoms with van der Waals surface area (Å²) in [4.78, 5) is 32.7. The van der Waals surface area contributed by atoms with Gasteiger partial charge in [0.1, 0.15) is 16.4 Å². The van der Waals surface area contributed by atoms with Gasteiger partial charge in [0.25, 0.3) is 5.56 Å². The number of carbonyl (C=O) groups is 1. The van der Waals surface area contributed by atoms with Crippen molar-refractivity contribution in [2.75, 3.05) is 26.2 Å². The maximum Gasteiger partial charge on any atom is 0.261 e. The van der Waals surface area contributed by atoms with E-state index in [1.807, 2.05) is 18.2 Å². The zero-order chi connectivity index (χ0) is 24.7. The quantitative estimate of drug-likeness (QED) is 0.510. The van der Waals surface area contributed by atoms with E-state index in [0.717, 1.165) is 12.8 Å². The maximum absolute atomic E-state index is 13.2. The van der Waals surface area contributed by atoms with Gasteiger partial charge >= 0.3 is 0 Å². The normalized spacial score (nSPS) is 17.6. The van der Waals surface area contributed by atoms with Crippen LogP contribution >= 0.6 is 0 Å². The Labute approximate surface area is 203 Å². The molecule has 5 rings (SSSR count). The molecule has 0 spiro atoms. The third-order valence-corrected chi connectivity index (χ3v) is 8.87. The number of carbonyl (C=O) groups excluding carboxylic acids is 1. The molecule has 0 N–H and O–H groups in total. The van der Waals surface area contributed by atoms with Crippen LogP contribution in [0.3, 0.4) is 0 Å². The minimum Gasteiger partial charge on any atom is -0.360 e. The first kappa shape index (κ1) is 23.7. The number of amides is 1. The van der Waals surface area contributed by atoms with Gasteiger partial charge in [-0.2, -0.15) is 4.31 Å². The van der Waals surface area contributed by atoms with E-state index in [-0.39, 0.29) is 41.1 Å². The first-order valence-corrected chi connectivity index (χ1v) is 13.4. The van der Waals surface area contributed by atoms with Crippen molar-refractivity contribution in [1.29, 1.82) is 0 Å². The van der Waals surface area contributed by atoms with Crippen LogP contribution in [-0.4, -0.2) is 64.4 Å². The molecule has 0 unspecified atom stereocenters. The van der Waals surface area contributed by atoms with Gasteiger partial charge in [0, 0.05) is 45.1 Å². The lowest BCUT2D eigenvalue weighted by atomic mass is 10.2. The first-order valence-electron chi connectivity index (χ1n) is 12.0. The molecule has 2 aliphatic rings. The summed E-state index contributed by atoms with van der Waals surface area (Å²) in [5.41, 5.74) is 0.937. The van der Waals surface area contributed by atoms with Gasteiger partial charge in [-0.3, -0.25) is 14.2 Å². The molecule has 2 fully saturated rings. The van der Waals surface area contributed by atoms with Gasteiger partial charge in [0.2, 0.25) is 15.9 Å². The van der Waals surface area contributed by atoms with E-state index < -0.39 is 10.0 Å². The van der Waals surface area contributed by atoms with Gasteiger partial charge in [-0.1, -0.05) is 17.3 Å². The van der Waals surface area contributed by atoms with Crippen molar-refractivity contribution >= 4 is 26.8 Å². The van der Waals surface area contributed by atoms with E-state index in [1.165, 1.54) is 4.31 Å². The van der Waals surface area contributed by atoms with Gasteiger partial charge < -0.3 is 9.42 Å². The Hall–Kier alpha value is -3.05. The maximum atomic E-state index is 13.2. The Morgan fingerprint density at radius 3 is 2.60 bits per heavy atom. The number of hydrogen-bond donors (Lipinski definition) is 0. The minimum atomic E-state index is -3.75. The summed E-state index contributed by atoms with van der Waals surface area (Å²) in [5, 5.41) is 4.37. The lowest BCUT2D eigenvalue weighted by Gasteiger charge is -2.22. The lowest BCUT2D eigenvalue weighted by molar-refractivity contribution is -0.131. The van der Waals surface area contributed by atoms with Crippen molar-refractivity contribution in [3.05, 3.63) is 51.9 Å². The standard InChI is InChI=1S/C24H29N5O5S/c1-16-23(17(2)34-26-16)35(32,33)28-13-5-12-27(14-15-28)22(30)11-10-21-25-20-7-4-3-6-19(20)24(31)29(21)18-8-9-18/h3-4,6-7,18H,5,8-15H2,1-2H3. The van der Waals surface area contributed by atoms with E-state index in [0.29, 0.717) is 54.9 Å². The number of aryl methyl sites for hydroxylation is 3. The molecular weight excluding hydrogens is 470 g/mol. The molecule has 0 atom stereocenters. The van der Waals surface area contributed by atoms with Gasteiger partial charge in [0.15, 0.2) is 5.76 Å². The van der Waals surface area contributed by atoms with E-state index in [2.05, 4.69) is 5.16 Å². The second kappa shape index (κ2) is 9.19. The lowest BCUT2D eigenvalue weighted by Crippen LogP contribution is -2.37. The summed E-state index contributed by atoms with van der Waals surface area (Å²) >= 11 is 0. The molecule has 3 heterocycles. The summed E-state index contributed by atoms with van der Waals surface area (Å²) in [6, 6.07) is 7.46. The molecule has 1 saturated heterocycles. The fraction of sp³-hybridized carbons (Fsp3) is 0.500. The molecule has 0 radical (unpaired) electrons. The Morgan fingerprint density at radius 1 is 1.11 bits per heavy atom. The average molecular weight is 500 g/mol. The average Bonchev–Trinajstić information content (AvgIpc) is 3.64. The van der Waals surface area contributed by atoms with Crippen LogP contribution in [0.4, 0.5) is 0 Å². The molecule has 1 aromatic carbocycles. The van der Waals surface area contributed by atoms with Crippen LogP contribution in [-0.2, 0) is 21.2 Å². The van der Waals surface area contributed by atoms with Crippen LogP contribution < -0.4 is 5.56 Å². The largest absolute Gasteiger partial charge is 0.360 e. The van der Waals surface area contributed by atoms with E-state index in [4.69, 9.17) is 9.51 Å². The Bertz CT molecular complexity index is 1420. The molecule has 35 heavy (non-hydrogen) atoms. The number of aromatic nitrogens is 3. The Kier molecular flexibility index (Phi) is 6.22. The molecular formula is C24H29N5O5S. The second-order valence-electron chi connectivity index (χ2n) is 9.24. The predicted octanol–water partition coefficient (Wildman–Crippen LogP) is 2.19. The van der Waals surface area contributed by atoms with E-state index >= 15 is 0 Å². The summed E-state index contributed by atoms with van der Waals surface area (Å²) in [6.07, 6.45) is 3.02. The number of para-hydroxylation sites is 1. The number of rotatable bonds is 6. The zero-order valence-corrected chi connectivity index (χ0v) is 20.8. The summed E-state index contributed by atoms with van der Waals surface area (Å²) in [7, 11) is -3.75. The molecule has 1 aliphatic carbocycles. The van der Waals surface area contributed by atoms with Crippen LogP contribution in [0.2, 0.25) is 0 Å². The van der Waals surface area contributed by atoms with E-state index in [9.17, 15) is 18.0 Å². The van der Waals surface area contributed by atoms with Crippen LogP contribution in [0.15, 0.2) is 38.5 Å². The number of benzene rings is 1. The van der Waals surface area contributed by atoms with Crippen molar-refractivity contribution in [2.24, 2.45) is 0 Å². The highest BCUT2D eigenvalue weighted by Gasteiger charge is 2.33. The number of nitrogens with zero attached hydrogens (tertiary/aromatic N) is 5. The molecule has 2 aromatic heterocycles. The highest BCUT2D eigenvalue weighted by atomic mass is 32.2. The van der Waals surface area contributed by atoms with Gasteiger partial charge in [-0.05, 0) is 45.2 Å². The molecule has 10 nitrogen and oxygen atoms in total. The molecule has 3 aromatic rings. The summed E-state index contributed by atoms with van der Waals surface area (Å²) in [6.45, 7) is 4.51. The van der Waals surface area contributed by atoms with Crippen LogP contribution in [0, 0.1) is 13.8 Å². The number of sulfonamides is 1. The van der Waals surface area contributed by atoms with Crippen molar-refractivity contribution in [3.63, 3.8) is 0 Å². The van der Waals surface area contributed by atoms with Crippen LogP contribution in [0.5, 0.6) is 0 Å².